The molecule has 0 atom stereocenters. The van der Waals surface area contributed by atoms with E-state index >= 15 is 0 Å². The lowest BCUT2D eigenvalue weighted by atomic mass is 9.67. The van der Waals surface area contributed by atoms with Crippen molar-refractivity contribution in [2.24, 2.45) is 0 Å². The zero-order valence-corrected chi connectivity index (χ0v) is 24.4. The largest absolute Gasteiger partial charge is 0.208 e. The SMILES string of the molecule is N#Cc1cccc2c1-c1ccc(-c3cccc(-c4nc(-c5ccccc5)nc(-c5ccccc5)n4)c3)cc1C21CCCCC1. The van der Waals surface area contributed by atoms with E-state index < -0.39 is 0 Å². The molecule has 4 nitrogen and oxygen atoms in total. The van der Waals surface area contributed by atoms with Crippen LogP contribution in [0.25, 0.3) is 56.4 Å². The first-order chi connectivity index (χ1) is 21.7. The molecular formula is C40H30N4. The van der Waals surface area contributed by atoms with Crippen molar-refractivity contribution < 1.29 is 0 Å². The van der Waals surface area contributed by atoms with E-state index in [9.17, 15) is 5.26 Å². The molecule has 1 aromatic heterocycles. The van der Waals surface area contributed by atoms with Crippen LogP contribution in [0.5, 0.6) is 0 Å². The molecule has 0 saturated heterocycles. The molecular weight excluding hydrogens is 536 g/mol. The van der Waals surface area contributed by atoms with Crippen LogP contribution >= 0.6 is 0 Å². The Labute approximate surface area is 257 Å². The van der Waals surface area contributed by atoms with Gasteiger partial charge in [-0.05, 0) is 58.9 Å². The summed E-state index contributed by atoms with van der Waals surface area (Å²) >= 11 is 0. The lowest BCUT2D eigenvalue weighted by molar-refractivity contribution is 0.353. The average molecular weight is 567 g/mol. The zero-order valence-electron chi connectivity index (χ0n) is 24.4. The highest BCUT2D eigenvalue weighted by Gasteiger charge is 2.44. The van der Waals surface area contributed by atoms with Crippen LogP contribution in [0.4, 0.5) is 0 Å². The molecule has 0 N–H and O–H groups in total. The summed E-state index contributed by atoms with van der Waals surface area (Å²) in [6, 6.07) is 44.3. The van der Waals surface area contributed by atoms with Crippen molar-refractivity contribution in [3.05, 3.63) is 138 Å². The van der Waals surface area contributed by atoms with E-state index in [0.717, 1.165) is 46.2 Å². The fraction of sp³-hybridized carbons (Fsp3) is 0.150. The Morgan fingerprint density at radius 1 is 0.500 bits per heavy atom. The minimum atomic E-state index is -0.0211. The van der Waals surface area contributed by atoms with Crippen molar-refractivity contribution in [3.8, 4) is 62.5 Å². The lowest BCUT2D eigenvalue weighted by Crippen LogP contribution is -2.28. The number of nitrogens with zero attached hydrogens (tertiary/aromatic N) is 4. The van der Waals surface area contributed by atoms with Crippen molar-refractivity contribution in [1.82, 2.24) is 15.0 Å². The molecule has 6 aromatic rings. The summed E-state index contributed by atoms with van der Waals surface area (Å²) in [5.74, 6) is 1.96. The minimum absolute atomic E-state index is 0.0211. The zero-order chi connectivity index (χ0) is 29.5. The van der Waals surface area contributed by atoms with E-state index in [4.69, 9.17) is 15.0 Å². The molecule has 1 fully saturated rings. The van der Waals surface area contributed by atoms with Crippen molar-refractivity contribution in [3.63, 3.8) is 0 Å². The fourth-order valence-electron chi connectivity index (χ4n) is 7.29. The topological polar surface area (TPSA) is 62.5 Å². The van der Waals surface area contributed by atoms with Crippen LogP contribution in [0.1, 0.15) is 48.8 Å². The monoisotopic (exact) mass is 566 g/mol. The first kappa shape index (κ1) is 26.2. The number of benzene rings is 5. The average Bonchev–Trinajstić information content (AvgIpc) is 3.37. The van der Waals surface area contributed by atoms with Crippen LogP contribution in [0.3, 0.4) is 0 Å². The van der Waals surface area contributed by atoms with Gasteiger partial charge in [0.1, 0.15) is 0 Å². The molecule has 210 valence electrons. The fourth-order valence-corrected chi connectivity index (χ4v) is 7.29. The Morgan fingerprint density at radius 2 is 1.07 bits per heavy atom. The summed E-state index contributed by atoms with van der Waals surface area (Å²) in [4.78, 5) is 14.8. The van der Waals surface area contributed by atoms with Crippen molar-refractivity contribution in [2.45, 2.75) is 37.5 Å². The number of hydrogen-bond donors (Lipinski definition) is 0. The first-order valence-corrected chi connectivity index (χ1v) is 15.4. The highest BCUT2D eigenvalue weighted by molar-refractivity contribution is 5.87. The third-order valence-corrected chi connectivity index (χ3v) is 9.37. The summed E-state index contributed by atoms with van der Waals surface area (Å²) in [7, 11) is 0. The quantitative estimate of drug-likeness (QED) is 0.213. The number of aromatic nitrogens is 3. The standard InChI is InChI=1S/C40H30N4/c41-26-32-18-11-19-34-36(32)33-21-20-30(25-35(33)40(34)22-8-3-9-23-40)29-16-10-17-31(24-29)39-43-37(27-12-4-1-5-13-27)42-38(44-39)28-14-6-2-7-15-28/h1-2,4-7,10-21,24-25H,3,8-9,22-23H2. The summed E-state index contributed by atoms with van der Waals surface area (Å²) in [5, 5.41) is 10.0. The Kier molecular flexibility index (Phi) is 6.38. The van der Waals surface area contributed by atoms with Gasteiger partial charge < -0.3 is 0 Å². The second-order valence-corrected chi connectivity index (χ2v) is 11.9. The van der Waals surface area contributed by atoms with Gasteiger partial charge in [0, 0.05) is 27.7 Å². The predicted octanol–water partition coefficient (Wildman–Crippen LogP) is 9.64. The summed E-state index contributed by atoms with van der Waals surface area (Å²) in [6.45, 7) is 0. The smallest absolute Gasteiger partial charge is 0.164 e. The normalized spacial score (nSPS) is 14.5. The molecule has 1 spiro atoms. The lowest BCUT2D eigenvalue weighted by Gasteiger charge is -2.36. The molecule has 4 heteroatoms. The van der Waals surface area contributed by atoms with Crippen LogP contribution in [0, 0.1) is 11.3 Å². The van der Waals surface area contributed by atoms with Crippen LogP contribution in [-0.4, -0.2) is 15.0 Å². The Hall–Kier alpha value is -5.40. The molecule has 0 bridgehead atoms. The molecule has 1 saturated carbocycles. The summed E-state index contributed by atoms with van der Waals surface area (Å²) < 4.78 is 0. The van der Waals surface area contributed by atoms with Gasteiger partial charge in [-0.3, -0.25) is 0 Å². The number of nitriles is 1. The molecule has 8 rings (SSSR count). The van der Waals surface area contributed by atoms with Gasteiger partial charge >= 0.3 is 0 Å². The third kappa shape index (κ3) is 4.32. The molecule has 0 unspecified atom stereocenters. The van der Waals surface area contributed by atoms with Gasteiger partial charge in [0.2, 0.25) is 0 Å². The third-order valence-electron chi connectivity index (χ3n) is 9.37. The van der Waals surface area contributed by atoms with Crippen LogP contribution in [0.15, 0.2) is 121 Å². The highest BCUT2D eigenvalue weighted by Crippen LogP contribution is 2.57. The van der Waals surface area contributed by atoms with Crippen LogP contribution in [-0.2, 0) is 5.41 Å². The number of fused-ring (bicyclic) bond motifs is 5. The Morgan fingerprint density at radius 3 is 1.73 bits per heavy atom. The van der Waals surface area contributed by atoms with Crippen molar-refractivity contribution >= 4 is 0 Å². The first-order valence-electron chi connectivity index (χ1n) is 15.4. The molecule has 0 radical (unpaired) electrons. The molecule has 0 amide bonds. The van der Waals surface area contributed by atoms with Gasteiger partial charge in [0.25, 0.3) is 0 Å². The molecule has 2 aliphatic carbocycles. The van der Waals surface area contributed by atoms with Gasteiger partial charge in [-0.25, -0.2) is 15.0 Å². The van der Waals surface area contributed by atoms with Crippen LogP contribution < -0.4 is 0 Å². The van der Waals surface area contributed by atoms with Gasteiger partial charge in [0.15, 0.2) is 17.5 Å². The second-order valence-electron chi connectivity index (χ2n) is 11.9. The molecule has 0 aliphatic heterocycles. The maximum Gasteiger partial charge on any atom is 0.164 e. The van der Waals surface area contributed by atoms with E-state index in [1.165, 1.54) is 41.5 Å². The summed E-state index contributed by atoms with van der Waals surface area (Å²) in [6.07, 6.45) is 5.94. The maximum absolute atomic E-state index is 10.0. The number of rotatable bonds is 4. The minimum Gasteiger partial charge on any atom is -0.208 e. The van der Waals surface area contributed by atoms with Gasteiger partial charge in [-0.15, -0.1) is 0 Å². The predicted molar refractivity (Wildman–Crippen MR) is 176 cm³/mol. The van der Waals surface area contributed by atoms with Gasteiger partial charge in [-0.2, -0.15) is 5.26 Å². The highest BCUT2D eigenvalue weighted by atomic mass is 15.0. The molecule has 1 heterocycles. The molecule has 44 heavy (non-hydrogen) atoms. The van der Waals surface area contributed by atoms with Crippen LogP contribution in [0.2, 0.25) is 0 Å². The molecule has 5 aromatic carbocycles. The second kappa shape index (κ2) is 10.7. The van der Waals surface area contributed by atoms with Crippen molar-refractivity contribution in [1.29, 1.82) is 5.26 Å². The maximum atomic E-state index is 10.0. The van der Waals surface area contributed by atoms with E-state index in [0.29, 0.717) is 17.5 Å². The summed E-state index contributed by atoms with van der Waals surface area (Å²) in [5.41, 5.74) is 11.0. The Balaban J connectivity index is 1.25. The van der Waals surface area contributed by atoms with E-state index in [-0.39, 0.29) is 5.41 Å². The number of hydrogen-bond acceptors (Lipinski definition) is 4. The molecule has 2 aliphatic rings. The Bertz CT molecular complexity index is 1990. The van der Waals surface area contributed by atoms with E-state index in [1.807, 2.05) is 66.7 Å². The van der Waals surface area contributed by atoms with Gasteiger partial charge in [-0.1, -0.05) is 122 Å². The van der Waals surface area contributed by atoms with Crippen molar-refractivity contribution in [2.75, 3.05) is 0 Å². The van der Waals surface area contributed by atoms with E-state index in [2.05, 4.69) is 60.7 Å². The van der Waals surface area contributed by atoms with E-state index in [1.54, 1.807) is 0 Å². The van der Waals surface area contributed by atoms with Gasteiger partial charge in [0.05, 0.1) is 11.6 Å².